The van der Waals surface area contributed by atoms with Crippen LogP contribution in [0.5, 0.6) is 0 Å². The Morgan fingerprint density at radius 1 is 0.396 bits per heavy atom. The highest BCUT2D eigenvalue weighted by Gasteiger charge is 2.61. The minimum absolute atomic E-state index is 0.143. The van der Waals surface area contributed by atoms with E-state index in [-0.39, 0.29) is 5.41 Å². The molecule has 4 bridgehead atoms. The molecular weight excluding hydrogens is 641 g/mol. The van der Waals surface area contributed by atoms with Crippen molar-refractivity contribution in [1.82, 2.24) is 0 Å². The summed E-state index contributed by atoms with van der Waals surface area (Å²) in [4.78, 5) is 0. The third kappa shape index (κ3) is 3.73. The highest BCUT2D eigenvalue weighted by Crippen LogP contribution is 2.70. The van der Waals surface area contributed by atoms with E-state index < -0.39 is 0 Å². The highest BCUT2D eigenvalue weighted by molar-refractivity contribution is 6.22. The van der Waals surface area contributed by atoms with Crippen LogP contribution in [0.4, 0.5) is 0 Å². The average Bonchev–Trinajstić information content (AvgIpc) is 3.70. The molecule has 0 aliphatic heterocycles. The number of rotatable bonds is 2. The molecule has 0 amide bonds. The molecule has 1 heterocycles. The molecule has 1 heteroatoms. The van der Waals surface area contributed by atoms with Crippen LogP contribution in [0.2, 0.25) is 0 Å². The second-order valence-electron chi connectivity index (χ2n) is 16.8. The van der Waals surface area contributed by atoms with Crippen LogP contribution in [0.15, 0.2) is 150 Å². The second kappa shape index (κ2) is 10.3. The predicted octanol–water partition coefficient (Wildman–Crippen LogP) is 14.1. The van der Waals surface area contributed by atoms with Crippen molar-refractivity contribution in [2.75, 3.05) is 0 Å². The zero-order valence-electron chi connectivity index (χ0n) is 29.6. The molecule has 1 nitrogen and oxygen atoms in total. The lowest BCUT2D eigenvalue weighted by Crippen LogP contribution is -2.55. The molecular formula is C52H38O. The minimum atomic E-state index is 0.143. The standard InChI is InChI=1S/C52H38O/c1-2-10-33-29-47-44(26-32(33)9-1)43-27-34(17-19-46(43)52(47)36-22-30-21-31(24-36)25-37(52)23-30)50-39-12-3-5-14-41(39)51(42-15-6-4-13-40(42)50)35-18-20-49-45(28-35)38-11-7-8-16-48(38)53-49/h1-20,26-31,36-37H,21-25H2. The van der Waals surface area contributed by atoms with Gasteiger partial charge in [0.25, 0.3) is 0 Å². The Kier molecular flexibility index (Phi) is 5.59. The molecule has 252 valence electrons. The van der Waals surface area contributed by atoms with Crippen LogP contribution in [0.25, 0.3) is 87.6 Å². The molecule has 1 aromatic heterocycles. The molecule has 0 radical (unpaired) electrons. The highest BCUT2D eigenvalue weighted by atomic mass is 16.3. The predicted molar refractivity (Wildman–Crippen MR) is 220 cm³/mol. The van der Waals surface area contributed by atoms with Crippen LogP contribution in [0.1, 0.15) is 43.2 Å². The van der Waals surface area contributed by atoms with Gasteiger partial charge in [0.2, 0.25) is 0 Å². The summed E-state index contributed by atoms with van der Waals surface area (Å²) in [5.74, 6) is 3.35. The van der Waals surface area contributed by atoms with Gasteiger partial charge in [-0.15, -0.1) is 0 Å². The lowest BCUT2D eigenvalue weighted by molar-refractivity contribution is -0.0398. The van der Waals surface area contributed by atoms with Gasteiger partial charge in [-0.25, -0.2) is 0 Å². The second-order valence-corrected chi connectivity index (χ2v) is 16.8. The van der Waals surface area contributed by atoms with Gasteiger partial charge < -0.3 is 4.42 Å². The van der Waals surface area contributed by atoms with Gasteiger partial charge in [-0.2, -0.15) is 0 Å². The molecule has 4 fully saturated rings. The first-order valence-corrected chi connectivity index (χ1v) is 19.8. The molecule has 14 rings (SSSR count). The Morgan fingerprint density at radius 2 is 0.906 bits per heavy atom. The van der Waals surface area contributed by atoms with Crippen LogP contribution in [0, 0.1) is 23.7 Å². The van der Waals surface area contributed by atoms with Crippen LogP contribution in [-0.4, -0.2) is 0 Å². The van der Waals surface area contributed by atoms with Crippen LogP contribution in [0.3, 0.4) is 0 Å². The quantitative estimate of drug-likeness (QED) is 0.166. The van der Waals surface area contributed by atoms with Crippen molar-refractivity contribution in [3.63, 3.8) is 0 Å². The number of fused-ring (bicyclic) bond motifs is 9. The van der Waals surface area contributed by atoms with E-state index in [0.29, 0.717) is 0 Å². The normalized spacial score (nSPS) is 23.9. The first-order chi connectivity index (χ1) is 26.2. The summed E-state index contributed by atoms with van der Waals surface area (Å²) in [5.41, 5.74) is 13.4. The van der Waals surface area contributed by atoms with Crippen molar-refractivity contribution in [2.45, 2.75) is 37.5 Å². The SMILES string of the molecule is c1ccc2cc3c(cc2c1)-c1cc(-c2c4ccccc4c(-c4ccc5oc6ccccc6c5c4)c4ccccc24)ccc1C31C2CC3CC(C2)CC1C3. The number of hydrogen-bond donors (Lipinski definition) is 0. The Balaban J connectivity index is 1.07. The molecule has 53 heavy (non-hydrogen) atoms. The first-order valence-electron chi connectivity index (χ1n) is 19.8. The van der Waals surface area contributed by atoms with Gasteiger partial charge in [0.15, 0.2) is 0 Å². The maximum Gasteiger partial charge on any atom is 0.135 e. The maximum atomic E-state index is 6.25. The van der Waals surface area contributed by atoms with Gasteiger partial charge in [-0.1, -0.05) is 109 Å². The number of benzene rings is 8. The van der Waals surface area contributed by atoms with E-state index in [2.05, 4.69) is 140 Å². The van der Waals surface area contributed by atoms with Crippen molar-refractivity contribution >= 4 is 54.3 Å². The Labute approximate surface area is 308 Å². The van der Waals surface area contributed by atoms with Crippen LogP contribution in [-0.2, 0) is 5.41 Å². The third-order valence-corrected chi connectivity index (χ3v) is 14.4. The van der Waals surface area contributed by atoms with Gasteiger partial charge in [-0.3, -0.25) is 0 Å². The molecule has 4 saturated carbocycles. The molecule has 0 unspecified atom stereocenters. The van der Waals surface area contributed by atoms with Crippen molar-refractivity contribution in [3.05, 3.63) is 157 Å². The Morgan fingerprint density at radius 3 is 1.57 bits per heavy atom. The fourth-order valence-electron chi connectivity index (χ4n) is 12.7. The van der Waals surface area contributed by atoms with Gasteiger partial charge in [-0.05, 0) is 169 Å². The summed E-state index contributed by atoms with van der Waals surface area (Å²) >= 11 is 0. The minimum Gasteiger partial charge on any atom is -0.456 e. The van der Waals surface area contributed by atoms with Crippen LogP contribution < -0.4 is 0 Å². The van der Waals surface area contributed by atoms with Gasteiger partial charge in [0.05, 0.1) is 0 Å². The number of furan rings is 1. The van der Waals surface area contributed by atoms with Gasteiger partial charge in [0.1, 0.15) is 11.2 Å². The third-order valence-electron chi connectivity index (χ3n) is 14.4. The number of hydrogen-bond acceptors (Lipinski definition) is 1. The molecule has 5 aliphatic carbocycles. The smallest absolute Gasteiger partial charge is 0.135 e. The van der Waals surface area contributed by atoms with E-state index in [4.69, 9.17) is 4.42 Å². The number of para-hydroxylation sites is 1. The van der Waals surface area contributed by atoms with E-state index in [1.807, 2.05) is 6.07 Å². The van der Waals surface area contributed by atoms with Crippen molar-refractivity contribution in [3.8, 4) is 33.4 Å². The topological polar surface area (TPSA) is 13.1 Å². The lowest BCUT2D eigenvalue weighted by Gasteiger charge is -2.61. The Bertz CT molecular complexity index is 2940. The van der Waals surface area contributed by atoms with E-state index in [1.165, 1.54) is 103 Å². The Hall–Kier alpha value is -5.66. The van der Waals surface area contributed by atoms with Crippen LogP contribution >= 0.6 is 0 Å². The van der Waals surface area contributed by atoms with Crippen molar-refractivity contribution in [1.29, 1.82) is 0 Å². The summed E-state index contributed by atoms with van der Waals surface area (Å²) in [6, 6.07) is 55.2. The molecule has 9 aromatic rings. The average molecular weight is 679 g/mol. The van der Waals surface area contributed by atoms with Gasteiger partial charge >= 0.3 is 0 Å². The zero-order valence-corrected chi connectivity index (χ0v) is 29.6. The van der Waals surface area contributed by atoms with Crippen molar-refractivity contribution < 1.29 is 4.42 Å². The molecule has 5 aliphatic rings. The largest absolute Gasteiger partial charge is 0.456 e. The fraction of sp³-hybridized carbons (Fsp3) is 0.192. The summed E-state index contributed by atoms with van der Waals surface area (Å²) in [6.45, 7) is 0. The van der Waals surface area contributed by atoms with E-state index in [1.54, 1.807) is 11.1 Å². The van der Waals surface area contributed by atoms with E-state index in [9.17, 15) is 0 Å². The molecule has 0 N–H and O–H groups in total. The first kappa shape index (κ1) is 28.9. The summed E-state index contributed by atoms with van der Waals surface area (Å²) in [6.07, 6.45) is 7.08. The van der Waals surface area contributed by atoms with E-state index in [0.717, 1.165) is 40.2 Å². The zero-order chi connectivity index (χ0) is 34.4. The monoisotopic (exact) mass is 678 g/mol. The fourth-order valence-corrected chi connectivity index (χ4v) is 12.7. The molecule has 0 atom stereocenters. The summed E-state index contributed by atoms with van der Waals surface area (Å²) < 4.78 is 6.25. The maximum absolute atomic E-state index is 6.25. The van der Waals surface area contributed by atoms with E-state index >= 15 is 0 Å². The van der Waals surface area contributed by atoms with Crippen molar-refractivity contribution in [2.24, 2.45) is 23.7 Å². The molecule has 1 spiro atoms. The lowest BCUT2D eigenvalue weighted by atomic mass is 9.43. The summed E-state index contributed by atoms with van der Waals surface area (Å²) in [5, 5.41) is 10.3. The summed E-state index contributed by atoms with van der Waals surface area (Å²) in [7, 11) is 0. The van der Waals surface area contributed by atoms with Gasteiger partial charge in [0, 0.05) is 16.2 Å². The molecule has 0 saturated heterocycles. The molecule has 8 aromatic carbocycles.